The van der Waals surface area contributed by atoms with Crippen molar-refractivity contribution in [3.05, 3.63) is 88.8 Å². The Hall–Kier alpha value is -3.42. The molecule has 1 fully saturated rings. The molecule has 166 valence electrons. The first-order valence-corrected chi connectivity index (χ1v) is 11.3. The normalized spacial score (nSPS) is 13.9. The molecule has 1 aliphatic heterocycles. The fourth-order valence-electron chi connectivity index (χ4n) is 3.94. The number of hydrogen-bond donors (Lipinski definition) is 0. The van der Waals surface area contributed by atoms with Gasteiger partial charge >= 0.3 is 0 Å². The van der Waals surface area contributed by atoms with Crippen molar-refractivity contribution in [1.29, 1.82) is 0 Å². The van der Waals surface area contributed by atoms with E-state index in [0.717, 1.165) is 16.9 Å². The second-order valence-electron chi connectivity index (χ2n) is 7.68. The second-order valence-corrected chi connectivity index (χ2v) is 8.55. The van der Waals surface area contributed by atoms with Crippen LogP contribution < -0.4 is 4.90 Å². The second kappa shape index (κ2) is 9.21. The molecule has 0 spiro atoms. The lowest BCUT2D eigenvalue weighted by Crippen LogP contribution is -2.49. The van der Waals surface area contributed by atoms with Crippen molar-refractivity contribution in [3.8, 4) is 16.9 Å². The highest BCUT2D eigenvalue weighted by Crippen LogP contribution is 2.27. The van der Waals surface area contributed by atoms with Gasteiger partial charge in [0.15, 0.2) is 5.69 Å². The summed E-state index contributed by atoms with van der Waals surface area (Å²) >= 11 is 12.2. The molecular formula is C24H20Cl2N6O. The summed E-state index contributed by atoms with van der Waals surface area (Å²) in [5.41, 5.74) is 3.48. The molecule has 0 bridgehead atoms. The molecule has 1 aliphatic rings. The Bertz CT molecular complexity index is 1270. The summed E-state index contributed by atoms with van der Waals surface area (Å²) in [4.78, 5) is 21.8. The van der Waals surface area contributed by atoms with E-state index in [9.17, 15) is 4.79 Å². The van der Waals surface area contributed by atoms with Gasteiger partial charge in [-0.2, -0.15) is 0 Å². The maximum absolute atomic E-state index is 13.5. The van der Waals surface area contributed by atoms with E-state index in [2.05, 4.69) is 20.2 Å². The van der Waals surface area contributed by atoms with Gasteiger partial charge in [-0.15, -0.1) is 5.10 Å². The highest BCUT2D eigenvalue weighted by Gasteiger charge is 2.29. The Balaban J connectivity index is 1.43. The summed E-state index contributed by atoms with van der Waals surface area (Å²) in [6, 6.07) is 18.7. The lowest BCUT2D eigenvalue weighted by atomic mass is 10.1. The molecule has 5 rings (SSSR count). The fraction of sp³-hybridized carbons (Fsp3) is 0.167. The molecule has 0 aliphatic carbocycles. The van der Waals surface area contributed by atoms with Crippen LogP contribution in [-0.4, -0.2) is 57.0 Å². The zero-order chi connectivity index (χ0) is 22.8. The van der Waals surface area contributed by atoms with Crippen LogP contribution in [0.15, 0.2) is 73.1 Å². The number of carbonyl (C=O) groups is 1. The maximum atomic E-state index is 13.5. The minimum absolute atomic E-state index is 0.153. The fourth-order valence-corrected chi connectivity index (χ4v) is 4.25. The summed E-state index contributed by atoms with van der Waals surface area (Å²) < 4.78 is 1.66. The molecule has 7 nitrogen and oxygen atoms in total. The van der Waals surface area contributed by atoms with Gasteiger partial charge < -0.3 is 9.80 Å². The average molecular weight is 479 g/mol. The number of nitrogens with zero attached hydrogens (tertiary/aromatic N) is 6. The number of anilines is 1. The summed E-state index contributed by atoms with van der Waals surface area (Å²) in [5.74, 6) is -0.153. The van der Waals surface area contributed by atoms with Crippen LogP contribution in [0, 0.1) is 0 Å². The minimum atomic E-state index is -0.153. The Morgan fingerprint density at radius 3 is 2.33 bits per heavy atom. The number of aromatic nitrogens is 4. The van der Waals surface area contributed by atoms with Crippen molar-refractivity contribution < 1.29 is 4.79 Å². The molecule has 9 heteroatoms. The molecule has 2 aromatic heterocycles. The first-order valence-electron chi connectivity index (χ1n) is 10.5. The van der Waals surface area contributed by atoms with Crippen molar-refractivity contribution in [3.63, 3.8) is 0 Å². The zero-order valence-corrected chi connectivity index (χ0v) is 19.1. The van der Waals surface area contributed by atoms with Gasteiger partial charge in [-0.3, -0.25) is 9.78 Å². The molecule has 2 aromatic carbocycles. The third-order valence-corrected chi connectivity index (χ3v) is 6.11. The monoisotopic (exact) mass is 478 g/mol. The maximum Gasteiger partial charge on any atom is 0.276 e. The predicted molar refractivity (Wildman–Crippen MR) is 129 cm³/mol. The van der Waals surface area contributed by atoms with Crippen molar-refractivity contribution in [1.82, 2.24) is 24.9 Å². The number of rotatable bonds is 4. The molecule has 33 heavy (non-hydrogen) atoms. The third-order valence-electron chi connectivity index (χ3n) is 5.62. The van der Waals surface area contributed by atoms with E-state index in [1.165, 1.54) is 0 Å². The first-order chi connectivity index (χ1) is 16.1. The molecule has 0 radical (unpaired) electrons. The van der Waals surface area contributed by atoms with Crippen LogP contribution in [-0.2, 0) is 0 Å². The average Bonchev–Trinajstić information content (AvgIpc) is 3.30. The molecule has 0 atom stereocenters. The molecule has 1 saturated heterocycles. The highest BCUT2D eigenvalue weighted by atomic mass is 35.5. The van der Waals surface area contributed by atoms with Crippen LogP contribution in [0.4, 0.5) is 5.69 Å². The molecule has 4 aromatic rings. The molecule has 3 heterocycles. The van der Waals surface area contributed by atoms with Crippen LogP contribution in [0.25, 0.3) is 16.9 Å². The van der Waals surface area contributed by atoms with Crippen molar-refractivity contribution in [2.45, 2.75) is 0 Å². The van der Waals surface area contributed by atoms with Crippen LogP contribution in [0.3, 0.4) is 0 Å². The lowest BCUT2D eigenvalue weighted by Gasteiger charge is -2.36. The minimum Gasteiger partial charge on any atom is -0.368 e. The zero-order valence-electron chi connectivity index (χ0n) is 17.6. The largest absolute Gasteiger partial charge is 0.368 e. The number of piperazine rings is 1. The Morgan fingerprint density at radius 2 is 1.64 bits per heavy atom. The molecule has 0 N–H and O–H groups in total. The smallest absolute Gasteiger partial charge is 0.276 e. The summed E-state index contributed by atoms with van der Waals surface area (Å²) in [6.45, 7) is 2.57. The standard InChI is InChI=1S/C24H20Cl2N6O/c25-18-6-8-20(9-7-18)32-23(17-3-2-10-27-16-17)22(28-29-32)24(33)31-13-11-30(12-14-31)21-5-1-4-19(26)15-21/h1-10,15-16H,11-14H2. The highest BCUT2D eigenvalue weighted by molar-refractivity contribution is 6.31. The van der Waals surface area contributed by atoms with E-state index in [0.29, 0.717) is 47.6 Å². The van der Waals surface area contributed by atoms with Gasteiger partial charge in [0, 0.05) is 59.9 Å². The van der Waals surface area contributed by atoms with E-state index in [4.69, 9.17) is 23.2 Å². The van der Waals surface area contributed by atoms with E-state index >= 15 is 0 Å². The number of amides is 1. The van der Waals surface area contributed by atoms with Gasteiger partial charge in [0.1, 0.15) is 5.69 Å². The van der Waals surface area contributed by atoms with Crippen LogP contribution in [0.2, 0.25) is 10.0 Å². The van der Waals surface area contributed by atoms with Gasteiger partial charge in [-0.1, -0.05) is 34.5 Å². The van der Waals surface area contributed by atoms with Gasteiger partial charge in [0.25, 0.3) is 5.91 Å². The number of carbonyl (C=O) groups excluding carboxylic acids is 1. The quantitative estimate of drug-likeness (QED) is 0.428. The Morgan fingerprint density at radius 1 is 0.848 bits per heavy atom. The molecule has 0 saturated carbocycles. The van der Waals surface area contributed by atoms with Gasteiger partial charge in [-0.25, -0.2) is 4.68 Å². The van der Waals surface area contributed by atoms with Crippen molar-refractivity contribution in [2.24, 2.45) is 0 Å². The predicted octanol–water partition coefficient (Wildman–Crippen LogP) is 4.60. The van der Waals surface area contributed by atoms with Crippen LogP contribution >= 0.6 is 23.2 Å². The number of pyridine rings is 1. The molecular weight excluding hydrogens is 459 g/mol. The summed E-state index contributed by atoms with van der Waals surface area (Å²) in [6.07, 6.45) is 3.40. The van der Waals surface area contributed by atoms with Gasteiger partial charge in [0.05, 0.1) is 5.69 Å². The summed E-state index contributed by atoms with van der Waals surface area (Å²) in [7, 11) is 0. The number of benzene rings is 2. The first kappa shape index (κ1) is 21.4. The van der Waals surface area contributed by atoms with E-state index in [1.54, 1.807) is 29.2 Å². The Kier molecular flexibility index (Phi) is 5.98. The number of halogens is 2. The van der Waals surface area contributed by atoms with E-state index in [-0.39, 0.29) is 5.91 Å². The van der Waals surface area contributed by atoms with E-state index in [1.807, 2.05) is 53.4 Å². The van der Waals surface area contributed by atoms with Crippen LogP contribution in [0.5, 0.6) is 0 Å². The van der Waals surface area contributed by atoms with Crippen molar-refractivity contribution in [2.75, 3.05) is 31.1 Å². The SMILES string of the molecule is O=C(c1nnn(-c2ccc(Cl)cc2)c1-c1cccnc1)N1CCN(c2cccc(Cl)c2)CC1. The Labute approximate surface area is 201 Å². The van der Waals surface area contributed by atoms with E-state index < -0.39 is 0 Å². The third kappa shape index (κ3) is 4.42. The molecule has 0 unspecified atom stereocenters. The molecule has 1 amide bonds. The van der Waals surface area contributed by atoms with Crippen LogP contribution in [0.1, 0.15) is 10.5 Å². The summed E-state index contributed by atoms with van der Waals surface area (Å²) in [5, 5.41) is 9.91. The van der Waals surface area contributed by atoms with Gasteiger partial charge in [0.2, 0.25) is 0 Å². The van der Waals surface area contributed by atoms with Crippen molar-refractivity contribution >= 4 is 34.8 Å². The lowest BCUT2D eigenvalue weighted by molar-refractivity contribution is 0.0741. The van der Waals surface area contributed by atoms with Gasteiger partial charge in [-0.05, 0) is 54.6 Å². The topological polar surface area (TPSA) is 67.2 Å². The number of hydrogen-bond acceptors (Lipinski definition) is 5.